The van der Waals surface area contributed by atoms with Crippen LogP contribution in [0.15, 0.2) is 46.2 Å². The second-order valence-electron chi connectivity index (χ2n) is 4.87. The number of ether oxygens (including phenoxy) is 1. The lowest BCUT2D eigenvalue weighted by atomic mass is 10.2. The first-order valence-corrected chi connectivity index (χ1v) is 8.01. The predicted molar refractivity (Wildman–Crippen MR) is 89.7 cm³/mol. The Kier molecular flexibility index (Phi) is 4.43. The molecule has 0 spiro atoms. The van der Waals surface area contributed by atoms with Gasteiger partial charge in [0.2, 0.25) is 5.89 Å². The molecule has 0 amide bonds. The van der Waals surface area contributed by atoms with E-state index in [-0.39, 0.29) is 6.61 Å². The number of esters is 1. The number of carbonyl (C=O) groups excluding carboxylic acids is 1. The number of para-hydroxylation sites is 1. The summed E-state index contributed by atoms with van der Waals surface area (Å²) in [5, 5.41) is 4.94. The number of oxazole rings is 1. The van der Waals surface area contributed by atoms with E-state index in [1.165, 1.54) is 0 Å². The minimum atomic E-state index is -0.393. The smallest absolute Gasteiger partial charge is 0.340 e. The van der Waals surface area contributed by atoms with Gasteiger partial charge in [-0.15, -0.1) is 11.3 Å². The minimum absolute atomic E-state index is 0.0809. The number of thiophene rings is 1. The van der Waals surface area contributed by atoms with Crippen LogP contribution < -0.4 is 5.32 Å². The molecule has 0 atom stereocenters. The monoisotopic (exact) mass is 328 g/mol. The van der Waals surface area contributed by atoms with E-state index < -0.39 is 5.97 Å². The zero-order chi connectivity index (χ0) is 16.2. The first kappa shape index (κ1) is 15.3. The van der Waals surface area contributed by atoms with Crippen molar-refractivity contribution in [3.8, 4) is 10.8 Å². The molecule has 118 valence electrons. The van der Waals surface area contributed by atoms with Crippen LogP contribution in [0.25, 0.3) is 10.8 Å². The predicted octanol–water partition coefficient (Wildman–Crippen LogP) is 4.11. The van der Waals surface area contributed by atoms with Crippen molar-refractivity contribution >= 4 is 23.0 Å². The van der Waals surface area contributed by atoms with Crippen LogP contribution in [0.5, 0.6) is 0 Å². The van der Waals surface area contributed by atoms with Crippen molar-refractivity contribution in [3.05, 3.63) is 58.8 Å². The van der Waals surface area contributed by atoms with E-state index >= 15 is 0 Å². The Labute approximate surface area is 137 Å². The molecule has 0 saturated carbocycles. The lowest BCUT2D eigenvalue weighted by molar-refractivity contribution is 0.0468. The molecule has 0 bridgehead atoms. The van der Waals surface area contributed by atoms with Crippen LogP contribution in [0, 0.1) is 6.92 Å². The Bertz CT molecular complexity index is 809. The molecule has 0 unspecified atom stereocenters. The molecule has 1 N–H and O–H groups in total. The Balaban J connectivity index is 1.72. The average molecular weight is 328 g/mol. The molecule has 3 aromatic rings. The fourth-order valence-corrected chi connectivity index (χ4v) is 2.81. The number of hydrogen-bond acceptors (Lipinski definition) is 6. The van der Waals surface area contributed by atoms with Gasteiger partial charge in [-0.3, -0.25) is 0 Å². The number of hydrogen-bond donors (Lipinski definition) is 1. The molecule has 23 heavy (non-hydrogen) atoms. The Morgan fingerprint density at radius 1 is 1.30 bits per heavy atom. The lowest BCUT2D eigenvalue weighted by Gasteiger charge is -2.08. The van der Waals surface area contributed by atoms with Gasteiger partial charge in [-0.2, -0.15) is 0 Å². The zero-order valence-corrected chi connectivity index (χ0v) is 13.6. The lowest BCUT2D eigenvalue weighted by Crippen LogP contribution is -2.08. The number of anilines is 1. The van der Waals surface area contributed by atoms with Gasteiger partial charge in [-0.05, 0) is 30.5 Å². The molecule has 0 fully saturated rings. The van der Waals surface area contributed by atoms with Gasteiger partial charge < -0.3 is 14.5 Å². The normalized spacial score (nSPS) is 10.5. The van der Waals surface area contributed by atoms with Crippen LogP contribution in [0.3, 0.4) is 0 Å². The van der Waals surface area contributed by atoms with Gasteiger partial charge in [0.25, 0.3) is 0 Å². The summed E-state index contributed by atoms with van der Waals surface area (Å²) in [7, 11) is 1.77. The second-order valence-corrected chi connectivity index (χ2v) is 5.82. The number of nitrogens with zero attached hydrogens (tertiary/aromatic N) is 1. The third-order valence-corrected chi connectivity index (χ3v) is 4.24. The topological polar surface area (TPSA) is 64.4 Å². The summed E-state index contributed by atoms with van der Waals surface area (Å²) in [5.41, 5.74) is 1.85. The molecule has 2 aromatic heterocycles. The van der Waals surface area contributed by atoms with Crippen LogP contribution >= 0.6 is 11.3 Å². The highest BCUT2D eigenvalue weighted by Gasteiger charge is 2.16. The summed E-state index contributed by atoms with van der Waals surface area (Å²) in [4.78, 5) is 17.6. The van der Waals surface area contributed by atoms with Crippen molar-refractivity contribution in [2.75, 3.05) is 12.4 Å². The Morgan fingerprint density at radius 3 is 2.87 bits per heavy atom. The highest BCUT2D eigenvalue weighted by molar-refractivity contribution is 7.13. The highest BCUT2D eigenvalue weighted by Crippen LogP contribution is 2.26. The van der Waals surface area contributed by atoms with Gasteiger partial charge >= 0.3 is 5.97 Å². The van der Waals surface area contributed by atoms with E-state index in [0.717, 1.165) is 10.6 Å². The molecule has 2 heterocycles. The first-order chi connectivity index (χ1) is 11.2. The standard InChI is InChI=1S/C17H16N2O3S/c1-11-14(19-16(22-11)15-8-5-9-23-15)10-21-17(20)12-6-3-4-7-13(12)18-2/h3-9,18H,10H2,1-2H3. The van der Waals surface area contributed by atoms with Gasteiger partial charge in [0.05, 0.1) is 10.4 Å². The minimum Gasteiger partial charge on any atom is -0.455 e. The van der Waals surface area contributed by atoms with Gasteiger partial charge in [0.1, 0.15) is 18.1 Å². The van der Waals surface area contributed by atoms with E-state index in [1.807, 2.05) is 36.6 Å². The van der Waals surface area contributed by atoms with Crippen molar-refractivity contribution < 1.29 is 13.9 Å². The molecule has 0 aliphatic heterocycles. The van der Waals surface area contributed by atoms with Gasteiger partial charge in [0, 0.05) is 12.7 Å². The van der Waals surface area contributed by atoms with Crippen LogP contribution in [-0.2, 0) is 11.3 Å². The van der Waals surface area contributed by atoms with E-state index in [4.69, 9.17) is 9.15 Å². The number of carbonyl (C=O) groups is 1. The second kappa shape index (κ2) is 6.66. The third kappa shape index (κ3) is 3.27. The summed E-state index contributed by atoms with van der Waals surface area (Å²) >= 11 is 1.55. The van der Waals surface area contributed by atoms with E-state index in [0.29, 0.717) is 22.9 Å². The van der Waals surface area contributed by atoms with Crippen LogP contribution in [-0.4, -0.2) is 18.0 Å². The zero-order valence-electron chi connectivity index (χ0n) is 12.8. The third-order valence-electron chi connectivity index (χ3n) is 3.38. The summed E-state index contributed by atoms with van der Waals surface area (Å²) in [6, 6.07) is 11.1. The summed E-state index contributed by atoms with van der Waals surface area (Å²) < 4.78 is 11.0. The molecular weight excluding hydrogens is 312 g/mol. The number of benzene rings is 1. The SMILES string of the molecule is CNc1ccccc1C(=O)OCc1nc(-c2cccs2)oc1C. The van der Waals surface area contributed by atoms with Crippen LogP contribution in [0.4, 0.5) is 5.69 Å². The van der Waals surface area contributed by atoms with Gasteiger partial charge in [0.15, 0.2) is 0 Å². The summed E-state index contributed by atoms with van der Waals surface area (Å²) in [6.45, 7) is 1.90. The maximum Gasteiger partial charge on any atom is 0.340 e. The van der Waals surface area contributed by atoms with Gasteiger partial charge in [-0.25, -0.2) is 9.78 Å². The number of aromatic nitrogens is 1. The molecule has 5 nitrogen and oxygen atoms in total. The molecule has 0 aliphatic carbocycles. The van der Waals surface area contributed by atoms with Crippen LogP contribution in [0.1, 0.15) is 21.8 Å². The maximum atomic E-state index is 12.2. The Hall–Kier alpha value is -2.60. The van der Waals surface area contributed by atoms with E-state index in [9.17, 15) is 4.79 Å². The quantitative estimate of drug-likeness (QED) is 0.714. The largest absolute Gasteiger partial charge is 0.455 e. The van der Waals surface area contributed by atoms with E-state index in [1.54, 1.807) is 30.5 Å². The molecular formula is C17H16N2O3S. The van der Waals surface area contributed by atoms with Crippen molar-refractivity contribution in [2.24, 2.45) is 0 Å². The molecule has 0 radical (unpaired) electrons. The van der Waals surface area contributed by atoms with E-state index in [2.05, 4.69) is 10.3 Å². The molecule has 0 aliphatic rings. The molecule has 0 saturated heterocycles. The molecule has 6 heteroatoms. The van der Waals surface area contributed by atoms with Crippen LogP contribution in [0.2, 0.25) is 0 Å². The number of rotatable bonds is 5. The summed E-state index contributed by atoms with van der Waals surface area (Å²) in [6.07, 6.45) is 0. The average Bonchev–Trinajstić information content (AvgIpc) is 3.22. The Morgan fingerprint density at radius 2 is 2.13 bits per heavy atom. The fourth-order valence-electron chi connectivity index (χ4n) is 2.16. The number of nitrogens with one attached hydrogen (secondary N) is 1. The van der Waals surface area contributed by atoms with Crippen molar-refractivity contribution in [1.29, 1.82) is 0 Å². The molecule has 3 rings (SSSR count). The molecule has 1 aromatic carbocycles. The fraction of sp³-hybridized carbons (Fsp3) is 0.176. The first-order valence-electron chi connectivity index (χ1n) is 7.13. The number of aryl methyl sites for hydroxylation is 1. The van der Waals surface area contributed by atoms with Crippen molar-refractivity contribution in [2.45, 2.75) is 13.5 Å². The van der Waals surface area contributed by atoms with Crippen molar-refractivity contribution in [1.82, 2.24) is 4.98 Å². The maximum absolute atomic E-state index is 12.2. The van der Waals surface area contributed by atoms with Crippen molar-refractivity contribution in [3.63, 3.8) is 0 Å². The van der Waals surface area contributed by atoms with Gasteiger partial charge in [-0.1, -0.05) is 18.2 Å². The summed E-state index contributed by atoms with van der Waals surface area (Å²) in [5.74, 6) is 0.817. The highest BCUT2D eigenvalue weighted by atomic mass is 32.1.